The van der Waals surface area contributed by atoms with Gasteiger partial charge in [-0.3, -0.25) is 4.90 Å². The van der Waals surface area contributed by atoms with Crippen molar-refractivity contribution in [2.45, 2.75) is 25.4 Å². The molecule has 2 atom stereocenters. The fourth-order valence-electron chi connectivity index (χ4n) is 5.14. The van der Waals surface area contributed by atoms with Crippen LogP contribution in [-0.2, 0) is 9.47 Å². The van der Waals surface area contributed by atoms with Crippen LogP contribution in [0, 0.1) is 11.8 Å². The zero-order chi connectivity index (χ0) is 27.9. The molecule has 1 aromatic carbocycles. The molecule has 40 heavy (non-hydrogen) atoms. The first-order valence-corrected chi connectivity index (χ1v) is 13.6. The van der Waals surface area contributed by atoms with E-state index < -0.39 is 0 Å². The topological polar surface area (TPSA) is 126 Å². The molecule has 2 aliphatic rings. The molecule has 2 saturated heterocycles. The number of hydrogen-bond donors (Lipinski definition) is 2. The number of hydrogen-bond acceptors (Lipinski definition) is 11. The SMILES string of the molecule is COC[C@@H]1COCCN1CC#Cc1nccc(N2CCN(c3cc(-c4ccccc4O)nnc3N)CC[C@@H]2C)n1. The molecule has 0 spiro atoms. The maximum absolute atomic E-state index is 10.3. The van der Waals surface area contributed by atoms with Crippen molar-refractivity contribution in [1.82, 2.24) is 25.1 Å². The van der Waals surface area contributed by atoms with E-state index in [-0.39, 0.29) is 17.8 Å². The maximum Gasteiger partial charge on any atom is 0.206 e. The average molecular weight is 545 g/mol. The van der Waals surface area contributed by atoms with Crippen molar-refractivity contribution in [3.8, 4) is 28.8 Å². The molecule has 0 radical (unpaired) electrons. The Labute approximate surface area is 234 Å². The summed E-state index contributed by atoms with van der Waals surface area (Å²) in [5.41, 5.74) is 8.29. The highest BCUT2D eigenvalue weighted by Crippen LogP contribution is 2.32. The van der Waals surface area contributed by atoms with Gasteiger partial charge in [-0.25, -0.2) is 9.97 Å². The predicted molar refractivity (Wildman–Crippen MR) is 154 cm³/mol. The van der Waals surface area contributed by atoms with Gasteiger partial charge < -0.3 is 30.1 Å². The summed E-state index contributed by atoms with van der Waals surface area (Å²) in [5, 5.41) is 18.7. The lowest BCUT2D eigenvalue weighted by Gasteiger charge is -2.33. The van der Waals surface area contributed by atoms with E-state index in [9.17, 15) is 5.11 Å². The van der Waals surface area contributed by atoms with Crippen molar-refractivity contribution in [2.75, 3.05) is 75.2 Å². The highest BCUT2D eigenvalue weighted by Gasteiger charge is 2.25. The molecular formula is C29H36N8O3. The van der Waals surface area contributed by atoms with E-state index in [1.165, 1.54) is 0 Å². The van der Waals surface area contributed by atoms with Gasteiger partial charge in [0.15, 0.2) is 5.82 Å². The fourth-order valence-corrected chi connectivity index (χ4v) is 5.14. The van der Waals surface area contributed by atoms with Crippen LogP contribution in [0.25, 0.3) is 11.3 Å². The second kappa shape index (κ2) is 12.9. The van der Waals surface area contributed by atoms with E-state index in [1.807, 2.05) is 24.3 Å². The van der Waals surface area contributed by atoms with E-state index >= 15 is 0 Å². The molecule has 3 aromatic rings. The molecular weight excluding hydrogens is 508 g/mol. The van der Waals surface area contributed by atoms with Crippen LogP contribution in [-0.4, -0.2) is 102 Å². The number of benzene rings is 1. The number of nitrogen functional groups attached to an aromatic ring is 1. The zero-order valence-electron chi connectivity index (χ0n) is 23.0. The Bertz CT molecular complexity index is 1360. The number of methoxy groups -OCH3 is 1. The number of nitrogens with zero attached hydrogens (tertiary/aromatic N) is 7. The number of para-hydroxylation sites is 1. The van der Waals surface area contributed by atoms with Gasteiger partial charge in [0.05, 0.1) is 43.8 Å². The third-order valence-corrected chi connectivity index (χ3v) is 7.41. The van der Waals surface area contributed by atoms with Crippen molar-refractivity contribution in [1.29, 1.82) is 0 Å². The van der Waals surface area contributed by atoms with Crippen LogP contribution in [0.5, 0.6) is 5.75 Å². The summed E-state index contributed by atoms with van der Waals surface area (Å²) in [6.07, 6.45) is 2.67. The van der Waals surface area contributed by atoms with Crippen LogP contribution in [0.15, 0.2) is 42.6 Å². The maximum atomic E-state index is 10.3. The van der Waals surface area contributed by atoms with Gasteiger partial charge in [-0.15, -0.1) is 10.2 Å². The van der Waals surface area contributed by atoms with E-state index in [4.69, 9.17) is 20.2 Å². The largest absolute Gasteiger partial charge is 0.507 e. The van der Waals surface area contributed by atoms with E-state index in [0.717, 1.165) is 44.1 Å². The van der Waals surface area contributed by atoms with Crippen LogP contribution in [0.1, 0.15) is 19.2 Å². The average Bonchev–Trinajstić information content (AvgIpc) is 3.16. The molecule has 210 valence electrons. The molecule has 2 aromatic heterocycles. The number of anilines is 3. The second-order valence-electron chi connectivity index (χ2n) is 10.0. The lowest BCUT2D eigenvalue weighted by molar-refractivity contribution is -0.0290. The first kappa shape index (κ1) is 27.6. The van der Waals surface area contributed by atoms with Crippen LogP contribution in [0.2, 0.25) is 0 Å². The zero-order valence-corrected chi connectivity index (χ0v) is 23.0. The summed E-state index contributed by atoms with van der Waals surface area (Å²) in [6.45, 7) is 7.89. The highest BCUT2D eigenvalue weighted by atomic mass is 16.5. The standard InChI is InChI=1S/C29H36N8O3/c1-21-10-13-36(25-18-24(33-34-29(25)30)23-6-3-4-7-26(23)38)14-15-37(21)28-9-11-31-27(32-28)8-5-12-35-16-17-40-20-22(35)19-39-2/h3-4,6-7,9,11,18,21-22,38H,10,12-17,19-20H2,1-2H3,(H2,30,34)/t21-,22+/m0/s1. The number of ether oxygens (including phenoxy) is 2. The minimum absolute atomic E-state index is 0.158. The monoisotopic (exact) mass is 544 g/mol. The smallest absolute Gasteiger partial charge is 0.206 e. The number of aromatic hydroxyl groups is 1. The molecule has 0 amide bonds. The molecule has 2 fully saturated rings. The minimum atomic E-state index is 0.158. The van der Waals surface area contributed by atoms with E-state index in [2.05, 4.69) is 48.6 Å². The Morgan fingerprint density at radius 2 is 2.02 bits per heavy atom. The minimum Gasteiger partial charge on any atom is -0.507 e. The predicted octanol–water partition coefficient (Wildman–Crippen LogP) is 2.03. The van der Waals surface area contributed by atoms with Gasteiger partial charge in [0.2, 0.25) is 5.82 Å². The number of phenols is 1. The number of aromatic nitrogens is 4. The molecule has 3 N–H and O–H groups in total. The quantitative estimate of drug-likeness (QED) is 0.443. The number of rotatable bonds is 6. The molecule has 11 heteroatoms. The van der Waals surface area contributed by atoms with Gasteiger partial charge in [-0.05, 0) is 43.5 Å². The van der Waals surface area contributed by atoms with Crippen molar-refractivity contribution in [3.05, 3.63) is 48.4 Å². The Balaban J connectivity index is 1.28. The summed E-state index contributed by atoms with van der Waals surface area (Å²) in [7, 11) is 1.71. The van der Waals surface area contributed by atoms with E-state index in [1.54, 1.807) is 25.4 Å². The molecule has 0 unspecified atom stereocenters. The van der Waals surface area contributed by atoms with Crippen molar-refractivity contribution < 1.29 is 14.6 Å². The third kappa shape index (κ3) is 6.42. The molecule has 4 heterocycles. The molecule has 0 aliphatic carbocycles. The van der Waals surface area contributed by atoms with Gasteiger partial charge in [-0.2, -0.15) is 0 Å². The first-order chi connectivity index (χ1) is 19.5. The molecule has 5 rings (SSSR count). The van der Waals surface area contributed by atoms with Crippen LogP contribution in [0.4, 0.5) is 17.3 Å². The Kier molecular flexibility index (Phi) is 8.91. The number of nitrogens with two attached hydrogens (primary N) is 1. The van der Waals surface area contributed by atoms with Crippen molar-refractivity contribution >= 4 is 17.3 Å². The second-order valence-corrected chi connectivity index (χ2v) is 10.0. The molecule has 0 bridgehead atoms. The summed E-state index contributed by atoms with van der Waals surface area (Å²) in [5.74, 6) is 8.28. The fraction of sp³-hybridized carbons (Fsp3) is 0.448. The third-order valence-electron chi connectivity index (χ3n) is 7.41. The van der Waals surface area contributed by atoms with Gasteiger partial charge in [0.1, 0.15) is 11.6 Å². The lowest BCUT2D eigenvalue weighted by atomic mass is 10.1. The van der Waals surface area contributed by atoms with Gasteiger partial charge in [-0.1, -0.05) is 18.1 Å². The summed E-state index contributed by atoms with van der Waals surface area (Å²) in [4.78, 5) is 16.0. The molecule has 0 saturated carbocycles. The summed E-state index contributed by atoms with van der Waals surface area (Å²) >= 11 is 0. The van der Waals surface area contributed by atoms with Crippen molar-refractivity contribution in [3.63, 3.8) is 0 Å². The Morgan fingerprint density at radius 1 is 1.15 bits per heavy atom. The van der Waals surface area contributed by atoms with Gasteiger partial charge >= 0.3 is 0 Å². The Morgan fingerprint density at radius 3 is 2.88 bits per heavy atom. The van der Waals surface area contributed by atoms with Crippen LogP contribution >= 0.6 is 0 Å². The van der Waals surface area contributed by atoms with Crippen LogP contribution in [0.3, 0.4) is 0 Å². The van der Waals surface area contributed by atoms with Crippen molar-refractivity contribution in [2.24, 2.45) is 0 Å². The van der Waals surface area contributed by atoms with E-state index in [0.29, 0.717) is 49.3 Å². The molecule has 11 nitrogen and oxygen atoms in total. The first-order valence-electron chi connectivity index (χ1n) is 13.6. The summed E-state index contributed by atoms with van der Waals surface area (Å²) in [6, 6.07) is 11.4. The van der Waals surface area contributed by atoms with Crippen LogP contribution < -0.4 is 15.5 Å². The Hall–Kier alpha value is -3.98. The highest BCUT2D eigenvalue weighted by molar-refractivity contribution is 5.74. The number of phenolic OH excluding ortho intramolecular Hbond substituents is 1. The normalized spacial score (nSPS) is 20.1. The number of morpholine rings is 1. The lowest BCUT2D eigenvalue weighted by Crippen LogP contribution is -2.47. The molecule has 2 aliphatic heterocycles. The van der Waals surface area contributed by atoms with Gasteiger partial charge in [0, 0.05) is 51.1 Å². The summed E-state index contributed by atoms with van der Waals surface area (Å²) < 4.78 is 10.9. The van der Waals surface area contributed by atoms with Gasteiger partial charge in [0.25, 0.3) is 0 Å².